The highest BCUT2D eigenvalue weighted by Crippen LogP contribution is 2.30. The van der Waals surface area contributed by atoms with Crippen molar-refractivity contribution < 1.29 is 18.0 Å². The Hall–Kier alpha value is -1.11. The third-order valence-corrected chi connectivity index (χ3v) is 4.21. The second-order valence-corrected chi connectivity index (χ2v) is 6.63. The summed E-state index contributed by atoms with van der Waals surface area (Å²) >= 11 is 0.934. The maximum absolute atomic E-state index is 12.5. The van der Waals surface area contributed by atoms with Crippen molar-refractivity contribution in [3.8, 4) is 0 Å². The van der Waals surface area contributed by atoms with Crippen molar-refractivity contribution in [2.45, 2.75) is 51.4 Å². The van der Waals surface area contributed by atoms with Crippen molar-refractivity contribution in [1.29, 1.82) is 0 Å². The number of halogens is 4. The molecule has 1 saturated carbocycles. The molecule has 148 valence electrons. The zero-order chi connectivity index (χ0) is 18.3. The number of carbonyl (C=O) groups excluding carboxylic acids is 1. The number of rotatable bonds is 8. The van der Waals surface area contributed by atoms with Gasteiger partial charge in [0.05, 0.1) is 6.54 Å². The second-order valence-electron chi connectivity index (χ2n) is 5.69. The average molecular weight is 505 g/mol. The molecule has 1 amide bonds. The largest absolute Gasteiger partial charge is 0.434 e. The molecule has 3 N–H and O–H groups in total. The lowest BCUT2D eigenvalue weighted by molar-refractivity contribution is -0.140. The minimum Gasteiger partial charge on any atom is -0.357 e. The quantitative estimate of drug-likeness (QED) is 0.220. The molecule has 0 aliphatic heterocycles. The van der Waals surface area contributed by atoms with Gasteiger partial charge in [-0.05, 0) is 26.2 Å². The Morgan fingerprint density at radius 3 is 2.69 bits per heavy atom. The Bertz CT molecular complexity index is 604. The van der Waals surface area contributed by atoms with Crippen LogP contribution in [0.1, 0.15) is 43.3 Å². The van der Waals surface area contributed by atoms with E-state index in [4.69, 9.17) is 0 Å². The van der Waals surface area contributed by atoms with Crippen LogP contribution in [0, 0.1) is 0 Å². The Morgan fingerprint density at radius 1 is 1.38 bits per heavy atom. The van der Waals surface area contributed by atoms with Gasteiger partial charge in [-0.3, -0.25) is 4.79 Å². The highest BCUT2D eigenvalue weighted by molar-refractivity contribution is 14.0. The Labute approximate surface area is 171 Å². The standard InChI is InChI=1S/C15H22F3N5OS.HI/c1-2-19-14(20-7-3-4-12(24)22-10-5-6-10)21-8-13-23-11(9-25-13)15(16,17)18;/h9-10H,2-8H2,1H3,(H,22,24)(H2,19,20,21);1H. The maximum atomic E-state index is 12.5. The van der Waals surface area contributed by atoms with Gasteiger partial charge in [-0.1, -0.05) is 0 Å². The maximum Gasteiger partial charge on any atom is 0.434 e. The van der Waals surface area contributed by atoms with E-state index in [0.717, 1.165) is 29.6 Å². The molecule has 2 rings (SSSR count). The number of amides is 1. The molecule has 0 spiro atoms. The molecule has 0 aromatic carbocycles. The zero-order valence-electron chi connectivity index (χ0n) is 14.4. The third-order valence-electron chi connectivity index (χ3n) is 3.37. The van der Waals surface area contributed by atoms with Gasteiger partial charge < -0.3 is 16.0 Å². The summed E-state index contributed by atoms with van der Waals surface area (Å²) in [6.45, 7) is 3.14. The summed E-state index contributed by atoms with van der Waals surface area (Å²) in [4.78, 5) is 19.3. The summed E-state index contributed by atoms with van der Waals surface area (Å²) in [7, 11) is 0. The van der Waals surface area contributed by atoms with Crippen molar-refractivity contribution in [3.05, 3.63) is 16.1 Å². The van der Waals surface area contributed by atoms with E-state index >= 15 is 0 Å². The summed E-state index contributed by atoms with van der Waals surface area (Å²) in [5, 5.41) is 10.3. The highest BCUT2D eigenvalue weighted by Gasteiger charge is 2.33. The first-order valence-corrected chi connectivity index (χ1v) is 9.09. The molecule has 1 aromatic rings. The predicted octanol–water partition coefficient (Wildman–Crippen LogP) is 2.89. The Balaban J connectivity index is 0.00000338. The van der Waals surface area contributed by atoms with Gasteiger partial charge in [0.2, 0.25) is 5.91 Å². The highest BCUT2D eigenvalue weighted by atomic mass is 127. The number of hydrogen-bond acceptors (Lipinski definition) is 4. The van der Waals surface area contributed by atoms with Crippen LogP contribution in [-0.2, 0) is 17.5 Å². The van der Waals surface area contributed by atoms with Crippen molar-refractivity contribution >= 4 is 47.2 Å². The van der Waals surface area contributed by atoms with Crippen molar-refractivity contribution in [2.24, 2.45) is 4.99 Å². The number of carbonyl (C=O) groups is 1. The van der Waals surface area contributed by atoms with E-state index in [2.05, 4.69) is 25.9 Å². The fraction of sp³-hybridized carbons (Fsp3) is 0.667. The lowest BCUT2D eigenvalue weighted by Crippen LogP contribution is -2.38. The van der Waals surface area contributed by atoms with Crippen LogP contribution in [0.25, 0.3) is 0 Å². The number of alkyl halides is 3. The molecule has 1 heterocycles. The predicted molar refractivity (Wildman–Crippen MR) is 106 cm³/mol. The van der Waals surface area contributed by atoms with Crippen molar-refractivity contribution in [1.82, 2.24) is 20.9 Å². The number of hydrogen-bond donors (Lipinski definition) is 3. The van der Waals surface area contributed by atoms with Gasteiger partial charge >= 0.3 is 6.18 Å². The summed E-state index contributed by atoms with van der Waals surface area (Å²) in [6, 6.07) is 0.360. The number of guanidine groups is 1. The average Bonchev–Trinajstić information content (AvgIpc) is 3.21. The van der Waals surface area contributed by atoms with Gasteiger partial charge in [-0.15, -0.1) is 35.3 Å². The summed E-state index contributed by atoms with van der Waals surface area (Å²) in [5.41, 5.74) is -0.887. The van der Waals surface area contributed by atoms with Crippen molar-refractivity contribution in [2.75, 3.05) is 13.1 Å². The van der Waals surface area contributed by atoms with E-state index in [1.54, 1.807) is 0 Å². The van der Waals surface area contributed by atoms with E-state index in [1.807, 2.05) is 6.92 Å². The van der Waals surface area contributed by atoms with E-state index in [9.17, 15) is 18.0 Å². The van der Waals surface area contributed by atoms with Crippen LogP contribution in [0.4, 0.5) is 13.2 Å². The molecule has 26 heavy (non-hydrogen) atoms. The Morgan fingerprint density at radius 2 is 2.12 bits per heavy atom. The molecule has 1 aromatic heterocycles. The third kappa shape index (κ3) is 8.52. The summed E-state index contributed by atoms with van der Waals surface area (Å²) < 4.78 is 37.6. The Kier molecular flexibility index (Phi) is 9.61. The molecule has 0 atom stereocenters. The van der Waals surface area contributed by atoms with Crippen LogP contribution in [0.15, 0.2) is 10.4 Å². The minimum atomic E-state index is -4.43. The normalized spacial score (nSPS) is 14.5. The van der Waals surface area contributed by atoms with Crippen LogP contribution < -0.4 is 16.0 Å². The number of nitrogens with one attached hydrogen (secondary N) is 3. The van der Waals surface area contributed by atoms with Gasteiger partial charge in [0.25, 0.3) is 0 Å². The molecule has 0 radical (unpaired) electrons. The van der Waals surface area contributed by atoms with Gasteiger partial charge in [0, 0.05) is 30.9 Å². The smallest absolute Gasteiger partial charge is 0.357 e. The molecule has 0 saturated heterocycles. The minimum absolute atomic E-state index is 0. The number of nitrogens with zero attached hydrogens (tertiary/aromatic N) is 2. The van der Waals surface area contributed by atoms with Gasteiger partial charge in [-0.25, -0.2) is 9.98 Å². The molecular formula is C15H23F3IN5OS. The van der Waals surface area contributed by atoms with Gasteiger partial charge in [-0.2, -0.15) is 13.2 Å². The summed E-state index contributed by atoms with van der Waals surface area (Å²) in [6.07, 6.45) is -1.22. The molecule has 1 aliphatic rings. The van der Waals surface area contributed by atoms with E-state index < -0.39 is 11.9 Å². The SMILES string of the molecule is CCNC(=NCc1nc(C(F)(F)F)cs1)NCCCC(=O)NC1CC1.I. The number of thiazole rings is 1. The zero-order valence-corrected chi connectivity index (χ0v) is 17.5. The van der Waals surface area contributed by atoms with Crippen LogP contribution in [0.5, 0.6) is 0 Å². The summed E-state index contributed by atoms with van der Waals surface area (Å²) in [5.74, 6) is 0.544. The van der Waals surface area contributed by atoms with Crippen molar-refractivity contribution in [3.63, 3.8) is 0 Å². The first kappa shape index (κ1) is 22.9. The molecule has 0 bridgehead atoms. The lowest BCUT2D eigenvalue weighted by atomic mass is 10.3. The van der Waals surface area contributed by atoms with E-state index in [0.29, 0.717) is 42.9 Å². The van der Waals surface area contributed by atoms with E-state index in [-0.39, 0.29) is 36.4 Å². The van der Waals surface area contributed by atoms with E-state index in [1.165, 1.54) is 0 Å². The first-order chi connectivity index (χ1) is 11.9. The fourth-order valence-electron chi connectivity index (χ4n) is 1.99. The van der Waals surface area contributed by atoms with Crippen LogP contribution in [-0.4, -0.2) is 36.0 Å². The molecule has 11 heteroatoms. The van der Waals surface area contributed by atoms with Crippen LogP contribution in [0.2, 0.25) is 0 Å². The topological polar surface area (TPSA) is 78.4 Å². The van der Waals surface area contributed by atoms with Crippen LogP contribution >= 0.6 is 35.3 Å². The number of aromatic nitrogens is 1. The second kappa shape index (κ2) is 10.9. The first-order valence-electron chi connectivity index (χ1n) is 8.21. The number of aliphatic imine (C=N–C) groups is 1. The molecule has 1 fully saturated rings. The van der Waals surface area contributed by atoms with Gasteiger partial charge in [0.15, 0.2) is 11.7 Å². The van der Waals surface area contributed by atoms with Crippen LogP contribution in [0.3, 0.4) is 0 Å². The molecule has 6 nitrogen and oxygen atoms in total. The fourth-order valence-corrected chi connectivity index (χ4v) is 2.71. The molecule has 0 unspecified atom stereocenters. The molecular weight excluding hydrogens is 482 g/mol. The molecule has 1 aliphatic carbocycles. The van der Waals surface area contributed by atoms with Gasteiger partial charge in [0.1, 0.15) is 5.01 Å². The monoisotopic (exact) mass is 505 g/mol. The lowest BCUT2D eigenvalue weighted by Gasteiger charge is -2.10.